The summed E-state index contributed by atoms with van der Waals surface area (Å²) in [7, 11) is 0. The summed E-state index contributed by atoms with van der Waals surface area (Å²) in [6.45, 7) is 2.38. The van der Waals surface area contributed by atoms with Crippen molar-refractivity contribution in [1.82, 2.24) is 25.3 Å². The van der Waals surface area contributed by atoms with Gasteiger partial charge in [-0.05, 0) is 30.7 Å². The maximum absolute atomic E-state index is 11.9. The quantitative estimate of drug-likeness (QED) is 0.493. The molecule has 0 radical (unpaired) electrons. The summed E-state index contributed by atoms with van der Waals surface area (Å²) >= 11 is 1.39. The summed E-state index contributed by atoms with van der Waals surface area (Å²) in [5.74, 6) is 0. The van der Waals surface area contributed by atoms with E-state index in [4.69, 9.17) is 0 Å². The fourth-order valence-electron chi connectivity index (χ4n) is 2.79. The average Bonchev–Trinajstić information content (AvgIpc) is 3.10. The lowest BCUT2D eigenvalue weighted by Crippen LogP contribution is -2.28. The van der Waals surface area contributed by atoms with Crippen LogP contribution in [0.3, 0.4) is 0 Å². The molecule has 8 nitrogen and oxygen atoms in total. The number of anilines is 1. The number of aromatic amines is 1. The van der Waals surface area contributed by atoms with Crippen molar-refractivity contribution >= 4 is 32.7 Å². The highest BCUT2D eigenvalue weighted by atomic mass is 32.1. The Labute approximate surface area is 163 Å². The number of pyridine rings is 1. The van der Waals surface area contributed by atoms with Gasteiger partial charge in [0.2, 0.25) is 0 Å². The molecule has 3 heterocycles. The van der Waals surface area contributed by atoms with Crippen molar-refractivity contribution in [3.63, 3.8) is 0 Å². The molecule has 0 spiro atoms. The third-order valence-corrected chi connectivity index (χ3v) is 5.05. The molecule has 0 atom stereocenters. The zero-order chi connectivity index (χ0) is 19.5. The van der Waals surface area contributed by atoms with Crippen LogP contribution in [0.1, 0.15) is 6.92 Å². The van der Waals surface area contributed by atoms with Gasteiger partial charge in [0.15, 0.2) is 5.13 Å². The van der Waals surface area contributed by atoms with E-state index < -0.39 is 5.69 Å². The van der Waals surface area contributed by atoms with Crippen molar-refractivity contribution in [1.29, 1.82) is 0 Å². The SMILES string of the molecule is CCNC(=O)Nc1nc2cc(-c3cnc(=O)[nH]c3)cc(-c3cccnc3)c2s1. The van der Waals surface area contributed by atoms with Gasteiger partial charge in [-0.25, -0.2) is 19.6 Å². The molecule has 0 saturated heterocycles. The number of carbonyl (C=O) groups excluding carboxylic acids is 1. The van der Waals surface area contributed by atoms with Gasteiger partial charge in [-0.1, -0.05) is 17.4 Å². The number of carbonyl (C=O) groups is 1. The van der Waals surface area contributed by atoms with E-state index in [9.17, 15) is 9.59 Å². The molecule has 4 aromatic rings. The minimum atomic E-state index is -0.403. The van der Waals surface area contributed by atoms with Gasteiger partial charge in [0.05, 0.1) is 10.2 Å². The normalized spacial score (nSPS) is 10.8. The van der Waals surface area contributed by atoms with Crippen LogP contribution in [0.5, 0.6) is 0 Å². The Morgan fingerprint density at radius 3 is 2.82 bits per heavy atom. The van der Waals surface area contributed by atoms with Crippen LogP contribution in [0.4, 0.5) is 9.93 Å². The fraction of sp³-hybridized carbons (Fsp3) is 0.105. The summed E-state index contributed by atoms with van der Waals surface area (Å²) in [5.41, 5.74) is 3.81. The number of aromatic nitrogens is 4. The first kappa shape index (κ1) is 17.8. The van der Waals surface area contributed by atoms with E-state index in [-0.39, 0.29) is 6.03 Å². The monoisotopic (exact) mass is 392 g/mol. The second kappa shape index (κ2) is 7.57. The highest BCUT2D eigenvalue weighted by Crippen LogP contribution is 2.38. The molecule has 140 valence electrons. The van der Waals surface area contributed by atoms with Gasteiger partial charge in [0.25, 0.3) is 0 Å². The molecule has 0 unspecified atom stereocenters. The Morgan fingerprint density at radius 1 is 1.21 bits per heavy atom. The van der Waals surface area contributed by atoms with Crippen LogP contribution in [0.2, 0.25) is 0 Å². The molecule has 28 heavy (non-hydrogen) atoms. The van der Waals surface area contributed by atoms with Crippen LogP contribution in [0.15, 0.2) is 53.8 Å². The molecule has 4 rings (SSSR count). The van der Waals surface area contributed by atoms with E-state index >= 15 is 0 Å². The molecule has 0 saturated carbocycles. The van der Waals surface area contributed by atoms with Gasteiger partial charge in [-0.15, -0.1) is 0 Å². The smallest absolute Gasteiger partial charge is 0.338 e. The summed E-state index contributed by atoms with van der Waals surface area (Å²) in [6, 6.07) is 7.44. The van der Waals surface area contributed by atoms with Crippen LogP contribution >= 0.6 is 11.3 Å². The van der Waals surface area contributed by atoms with Crippen molar-refractivity contribution < 1.29 is 4.79 Å². The number of urea groups is 1. The molecule has 2 amide bonds. The largest absolute Gasteiger partial charge is 0.344 e. The number of nitrogens with one attached hydrogen (secondary N) is 3. The van der Waals surface area contributed by atoms with Gasteiger partial charge in [-0.2, -0.15) is 0 Å². The molecule has 0 aliphatic carbocycles. The van der Waals surface area contributed by atoms with E-state index in [1.165, 1.54) is 17.5 Å². The number of amides is 2. The second-order valence-corrected chi connectivity index (χ2v) is 6.92. The molecular formula is C19H16N6O2S. The molecule has 3 aromatic heterocycles. The Hall–Kier alpha value is -3.59. The van der Waals surface area contributed by atoms with Gasteiger partial charge in [0, 0.05) is 48.0 Å². The lowest BCUT2D eigenvalue weighted by molar-refractivity contribution is 0.252. The topological polar surface area (TPSA) is 113 Å². The first-order chi connectivity index (χ1) is 13.6. The number of benzene rings is 1. The van der Waals surface area contributed by atoms with Gasteiger partial charge < -0.3 is 10.3 Å². The molecule has 1 aromatic carbocycles. The first-order valence-electron chi connectivity index (χ1n) is 8.59. The van der Waals surface area contributed by atoms with Crippen molar-refractivity contribution in [2.24, 2.45) is 0 Å². The number of thiazole rings is 1. The van der Waals surface area contributed by atoms with Gasteiger partial charge >= 0.3 is 11.7 Å². The second-order valence-electron chi connectivity index (χ2n) is 5.92. The third kappa shape index (κ3) is 3.60. The van der Waals surface area contributed by atoms with E-state index in [0.717, 1.165) is 32.5 Å². The Morgan fingerprint density at radius 2 is 2.11 bits per heavy atom. The van der Waals surface area contributed by atoms with E-state index in [0.29, 0.717) is 11.7 Å². The summed E-state index contributed by atoms with van der Waals surface area (Å²) in [4.78, 5) is 38.3. The molecule has 0 bridgehead atoms. The fourth-order valence-corrected chi connectivity index (χ4v) is 3.77. The Balaban J connectivity index is 1.87. The van der Waals surface area contributed by atoms with Gasteiger partial charge in [0.1, 0.15) is 0 Å². The predicted octanol–water partition coefficient (Wildman–Crippen LogP) is 3.25. The molecule has 0 aliphatic rings. The molecule has 3 N–H and O–H groups in total. The third-order valence-electron chi connectivity index (χ3n) is 4.03. The maximum atomic E-state index is 11.9. The predicted molar refractivity (Wildman–Crippen MR) is 109 cm³/mol. The molecule has 9 heteroatoms. The van der Waals surface area contributed by atoms with Crippen molar-refractivity contribution in [2.45, 2.75) is 6.92 Å². The van der Waals surface area contributed by atoms with Crippen LogP contribution in [-0.4, -0.2) is 32.5 Å². The van der Waals surface area contributed by atoms with Crippen LogP contribution in [0, 0.1) is 0 Å². The highest BCUT2D eigenvalue weighted by molar-refractivity contribution is 7.22. The minimum absolute atomic E-state index is 0.297. The molecule has 0 aliphatic heterocycles. The average molecular weight is 392 g/mol. The highest BCUT2D eigenvalue weighted by Gasteiger charge is 2.14. The van der Waals surface area contributed by atoms with Gasteiger partial charge in [-0.3, -0.25) is 10.3 Å². The van der Waals surface area contributed by atoms with Crippen molar-refractivity contribution in [2.75, 3.05) is 11.9 Å². The Bertz CT molecular complexity index is 1180. The lowest BCUT2D eigenvalue weighted by atomic mass is 10.0. The number of H-pyrrole nitrogens is 1. The van der Waals surface area contributed by atoms with E-state index in [2.05, 4.69) is 30.6 Å². The first-order valence-corrected chi connectivity index (χ1v) is 9.40. The van der Waals surface area contributed by atoms with E-state index in [1.807, 2.05) is 31.2 Å². The minimum Gasteiger partial charge on any atom is -0.338 e. The number of hydrogen-bond acceptors (Lipinski definition) is 6. The van der Waals surface area contributed by atoms with Crippen LogP contribution in [-0.2, 0) is 0 Å². The summed E-state index contributed by atoms with van der Waals surface area (Å²) in [6.07, 6.45) is 6.63. The number of fused-ring (bicyclic) bond motifs is 1. The number of rotatable bonds is 4. The zero-order valence-corrected chi connectivity index (χ0v) is 15.7. The number of hydrogen-bond donors (Lipinski definition) is 3. The molecular weight excluding hydrogens is 376 g/mol. The maximum Gasteiger partial charge on any atom is 0.344 e. The summed E-state index contributed by atoms with van der Waals surface area (Å²) in [5, 5.41) is 5.95. The molecule has 0 fully saturated rings. The van der Waals surface area contributed by atoms with Crippen molar-refractivity contribution in [3.05, 3.63) is 59.5 Å². The van der Waals surface area contributed by atoms with Crippen molar-refractivity contribution in [3.8, 4) is 22.3 Å². The zero-order valence-electron chi connectivity index (χ0n) is 14.9. The lowest BCUT2D eigenvalue weighted by Gasteiger charge is -2.07. The number of nitrogens with zero attached hydrogens (tertiary/aromatic N) is 3. The van der Waals surface area contributed by atoms with Crippen LogP contribution < -0.4 is 16.3 Å². The Kier molecular flexibility index (Phi) is 4.81. The standard InChI is InChI=1S/C19H16N6O2S/c1-2-21-18(27)25-19-24-15-7-12(13-9-22-17(26)23-10-13)6-14(16(15)28-19)11-4-3-5-20-8-11/h3-10H,2H2,1H3,(H,22,23,26)(H2,21,24,25,27). The van der Waals surface area contributed by atoms with E-state index in [1.54, 1.807) is 18.6 Å². The van der Waals surface area contributed by atoms with Crippen LogP contribution in [0.25, 0.3) is 32.5 Å². The summed E-state index contributed by atoms with van der Waals surface area (Å²) < 4.78 is 0.931.